The van der Waals surface area contributed by atoms with Crippen LogP contribution >= 0.6 is 0 Å². The number of piperidine rings is 1. The van der Waals surface area contributed by atoms with E-state index in [4.69, 9.17) is 0 Å². The highest BCUT2D eigenvalue weighted by molar-refractivity contribution is 5.43. The second-order valence-electron chi connectivity index (χ2n) is 5.67. The summed E-state index contributed by atoms with van der Waals surface area (Å²) in [6, 6.07) is 0.485. The van der Waals surface area contributed by atoms with Crippen molar-refractivity contribution in [3.8, 4) is 0 Å². The van der Waals surface area contributed by atoms with Crippen molar-refractivity contribution in [2.75, 3.05) is 24.5 Å². The van der Waals surface area contributed by atoms with E-state index < -0.39 is 0 Å². The molecular formula is C14H21FN4. The molecule has 19 heavy (non-hydrogen) atoms. The van der Waals surface area contributed by atoms with E-state index >= 15 is 0 Å². The highest BCUT2D eigenvalue weighted by Gasteiger charge is 2.33. The Balaban J connectivity index is 1.78. The summed E-state index contributed by atoms with van der Waals surface area (Å²) in [5, 5.41) is 3.37. The smallest absolute Gasteiger partial charge is 0.186 e. The zero-order valence-electron chi connectivity index (χ0n) is 11.4. The van der Waals surface area contributed by atoms with E-state index in [1.54, 1.807) is 6.92 Å². The molecule has 0 amide bonds. The van der Waals surface area contributed by atoms with Gasteiger partial charge in [-0.1, -0.05) is 0 Å². The van der Waals surface area contributed by atoms with Crippen LogP contribution in [0.3, 0.4) is 0 Å². The fourth-order valence-corrected chi connectivity index (χ4v) is 2.78. The maximum atomic E-state index is 14.2. The number of aryl methyl sites for hydroxylation is 1. The second kappa shape index (κ2) is 5.41. The molecular weight excluding hydrogens is 243 g/mol. The van der Waals surface area contributed by atoms with Crippen molar-refractivity contribution in [3.05, 3.63) is 17.8 Å². The molecule has 1 aliphatic carbocycles. The van der Waals surface area contributed by atoms with E-state index in [1.165, 1.54) is 19.2 Å². The quantitative estimate of drug-likeness (QED) is 0.901. The van der Waals surface area contributed by atoms with Gasteiger partial charge in [-0.25, -0.2) is 14.4 Å². The molecule has 3 rings (SSSR count). The molecule has 2 fully saturated rings. The van der Waals surface area contributed by atoms with Crippen LogP contribution in [0.2, 0.25) is 0 Å². The average molecular weight is 264 g/mol. The fourth-order valence-electron chi connectivity index (χ4n) is 2.78. The lowest BCUT2D eigenvalue weighted by Crippen LogP contribution is -2.38. The van der Waals surface area contributed by atoms with E-state index in [1.807, 2.05) is 0 Å². The van der Waals surface area contributed by atoms with Crippen LogP contribution in [0.25, 0.3) is 0 Å². The van der Waals surface area contributed by atoms with Crippen molar-refractivity contribution in [1.82, 2.24) is 15.3 Å². The summed E-state index contributed by atoms with van der Waals surface area (Å²) < 4.78 is 14.2. The van der Waals surface area contributed by atoms with Gasteiger partial charge in [0.05, 0.1) is 5.69 Å². The first kappa shape index (κ1) is 12.8. The van der Waals surface area contributed by atoms with Crippen molar-refractivity contribution in [2.45, 2.75) is 38.6 Å². The summed E-state index contributed by atoms with van der Waals surface area (Å²) in [7, 11) is 0. The summed E-state index contributed by atoms with van der Waals surface area (Å²) in [6.07, 6.45) is 6.15. The molecule has 1 saturated heterocycles. The maximum absolute atomic E-state index is 14.2. The van der Waals surface area contributed by atoms with Crippen molar-refractivity contribution < 1.29 is 4.39 Å². The fraction of sp³-hybridized carbons (Fsp3) is 0.714. The van der Waals surface area contributed by atoms with Crippen molar-refractivity contribution in [1.29, 1.82) is 0 Å². The number of hydrogen-bond donors (Lipinski definition) is 1. The van der Waals surface area contributed by atoms with E-state index in [2.05, 4.69) is 20.2 Å². The van der Waals surface area contributed by atoms with Gasteiger partial charge in [0.15, 0.2) is 11.6 Å². The lowest BCUT2D eigenvalue weighted by molar-refractivity contribution is 0.370. The molecule has 1 aromatic rings. The van der Waals surface area contributed by atoms with Gasteiger partial charge in [0.1, 0.15) is 6.33 Å². The lowest BCUT2D eigenvalue weighted by Gasteiger charge is -2.31. The number of anilines is 1. The lowest BCUT2D eigenvalue weighted by atomic mass is 9.97. The van der Waals surface area contributed by atoms with Gasteiger partial charge in [-0.15, -0.1) is 0 Å². The standard InChI is InChI=1S/C14H21FN4/c1-10-13(15)14(18-9-17-10)19(12-2-3-12)8-11-4-6-16-7-5-11/h9,11-12,16H,2-8H2,1H3. The van der Waals surface area contributed by atoms with E-state index in [9.17, 15) is 4.39 Å². The molecule has 0 atom stereocenters. The minimum atomic E-state index is -0.247. The number of halogens is 1. The highest BCUT2D eigenvalue weighted by Crippen LogP contribution is 2.33. The Labute approximate surface area is 113 Å². The van der Waals surface area contributed by atoms with Gasteiger partial charge in [-0.05, 0) is 51.6 Å². The zero-order chi connectivity index (χ0) is 13.2. The second-order valence-corrected chi connectivity index (χ2v) is 5.67. The number of hydrogen-bond acceptors (Lipinski definition) is 4. The number of nitrogens with one attached hydrogen (secondary N) is 1. The molecule has 0 radical (unpaired) electrons. The molecule has 5 heteroatoms. The third kappa shape index (κ3) is 2.86. The summed E-state index contributed by atoms with van der Waals surface area (Å²) in [6.45, 7) is 4.79. The minimum absolute atomic E-state index is 0.247. The van der Waals surface area contributed by atoms with Crippen LogP contribution in [0.4, 0.5) is 10.2 Å². The Bertz CT molecular complexity index is 441. The molecule has 0 bridgehead atoms. The molecule has 0 aromatic carbocycles. The molecule has 1 saturated carbocycles. The molecule has 2 aliphatic rings. The molecule has 1 aromatic heterocycles. The average Bonchev–Trinajstić information content (AvgIpc) is 3.25. The number of rotatable bonds is 4. The molecule has 4 nitrogen and oxygen atoms in total. The summed E-state index contributed by atoms with van der Waals surface area (Å²) in [5.41, 5.74) is 0.445. The van der Waals surface area contributed by atoms with Crippen molar-refractivity contribution >= 4 is 5.82 Å². The Morgan fingerprint density at radius 1 is 1.26 bits per heavy atom. The normalized spacial score (nSPS) is 20.5. The SMILES string of the molecule is Cc1ncnc(N(CC2CCNCC2)C2CC2)c1F. The number of aromatic nitrogens is 2. The summed E-state index contributed by atoms with van der Waals surface area (Å²) in [5.74, 6) is 0.911. The molecule has 104 valence electrons. The maximum Gasteiger partial charge on any atom is 0.186 e. The Morgan fingerprint density at radius 3 is 2.68 bits per heavy atom. The van der Waals surface area contributed by atoms with E-state index in [0.717, 1.165) is 32.5 Å². The topological polar surface area (TPSA) is 41.1 Å². The minimum Gasteiger partial charge on any atom is -0.351 e. The van der Waals surface area contributed by atoms with Gasteiger partial charge in [-0.3, -0.25) is 0 Å². The van der Waals surface area contributed by atoms with Crippen molar-refractivity contribution in [2.24, 2.45) is 5.92 Å². The van der Waals surface area contributed by atoms with Crippen LogP contribution in [0.15, 0.2) is 6.33 Å². The van der Waals surface area contributed by atoms with Gasteiger partial charge < -0.3 is 10.2 Å². The summed E-state index contributed by atoms with van der Waals surface area (Å²) in [4.78, 5) is 10.3. The van der Waals surface area contributed by atoms with Crippen LogP contribution in [0.5, 0.6) is 0 Å². The van der Waals surface area contributed by atoms with Gasteiger partial charge in [0.2, 0.25) is 0 Å². The van der Waals surface area contributed by atoms with Crippen LogP contribution < -0.4 is 10.2 Å². The Hall–Kier alpha value is -1.23. The predicted octanol–water partition coefficient (Wildman–Crippen LogP) is 1.89. The molecule has 1 aliphatic heterocycles. The van der Waals surface area contributed by atoms with Gasteiger partial charge in [0.25, 0.3) is 0 Å². The third-order valence-corrected chi connectivity index (χ3v) is 4.12. The third-order valence-electron chi connectivity index (χ3n) is 4.12. The molecule has 2 heterocycles. The molecule has 1 N–H and O–H groups in total. The van der Waals surface area contributed by atoms with Gasteiger partial charge in [-0.2, -0.15) is 0 Å². The van der Waals surface area contributed by atoms with Crippen LogP contribution in [-0.4, -0.2) is 35.6 Å². The summed E-state index contributed by atoms with van der Waals surface area (Å²) >= 11 is 0. The first-order valence-electron chi connectivity index (χ1n) is 7.20. The van der Waals surface area contributed by atoms with Crippen LogP contribution in [0, 0.1) is 18.7 Å². The van der Waals surface area contributed by atoms with Gasteiger partial charge >= 0.3 is 0 Å². The zero-order valence-corrected chi connectivity index (χ0v) is 11.4. The first-order chi connectivity index (χ1) is 9.25. The monoisotopic (exact) mass is 264 g/mol. The van der Waals surface area contributed by atoms with Crippen LogP contribution in [0.1, 0.15) is 31.4 Å². The van der Waals surface area contributed by atoms with E-state index in [-0.39, 0.29) is 5.82 Å². The molecule has 0 unspecified atom stereocenters. The first-order valence-corrected chi connectivity index (χ1v) is 7.20. The molecule has 0 spiro atoms. The Kier molecular flexibility index (Phi) is 3.64. The highest BCUT2D eigenvalue weighted by atomic mass is 19.1. The van der Waals surface area contributed by atoms with E-state index in [0.29, 0.717) is 23.5 Å². The largest absolute Gasteiger partial charge is 0.351 e. The predicted molar refractivity (Wildman–Crippen MR) is 72.7 cm³/mol. The van der Waals surface area contributed by atoms with Gasteiger partial charge in [0, 0.05) is 12.6 Å². The Morgan fingerprint density at radius 2 is 2.00 bits per heavy atom. The van der Waals surface area contributed by atoms with Crippen LogP contribution in [-0.2, 0) is 0 Å². The van der Waals surface area contributed by atoms with Crippen molar-refractivity contribution in [3.63, 3.8) is 0 Å². The number of nitrogens with zero attached hydrogens (tertiary/aromatic N) is 3.